The zero-order valence-electron chi connectivity index (χ0n) is 10.7. The van der Waals surface area contributed by atoms with Gasteiger partial charge in [-0.15, -0.1) is 0 Å². The number of nitro groups is 1. The minimum absolute atomic E-state index is 0.121. The van der Waals surface area contributed by atoms with Crippen LogP contribution in [0.4, 0.5) is 5.69 Å². The predicted octanol–water partition coefficient (Wildman–Crippen LogP) is 4.16. The SMILES string of the molecule is Cc1cc(C)c([N+](=O)[O-])cc1OCCCCCBr. The van der Waals surface area contributed by atoms with E-state index in [9.17, 15) is 10.1 Å². The van der Waals surface area contributed by atoms with Gasteiger partial charge in [0.1, 0.15) is 5.75 Å². The van der Waals surface area contributed by atoms with E-state index in [-0.39, 0.29) is 10.6 Å². The molecule has 0 saturated heterocycles. The molecule has 0 amide bonds. The van der Waals surface area contributed by atoms with Crippen LogP contribution >= 0.6 is 15.9 Å². The van der Waals surface area contributed by atoms with E-state index in [1.807, 2.05) is 6.92 Å². The van der Waals surface area contributed by atoms with Gasteiger partial charge in [-0.25, -0.2) is 0 Å². The van der Waals surface area contributed by atoms with Crippen molar-refractivity contribution < 1.29 is 9.66 Å². The number of nitrogens with zero attached hydrogens (tertiary/aromatic N) is 1. The van der Waals surface area contributed by atoms with Crippen molar-refractivity contribution in [1.82, 2.24) is 0 Å². The molecule has 0 aliphatic rings. The highest BCUT2D eigenvalue weighted by atomic mass is 79.9. The van der Waals surface area contributed by atoms with Gasteiger partial charge in [0.25, 0.3) is 5.69 Å². The van der Waals surface area contributed by atoms with Crippen molar-refractivity contribution in [2.24, 2.45) is 0 Å². The topological polar surface area (TPSA) is 52.4 Å². The van der Waals surface area contributed by atoms with Crippen LogP contribution in [0.25, 0.3) is 0 Å². The number of alkyl halides is 1. The molecule has 0 spiro atoms. The molecule has 0 radical (unpaired) electrons. The number of hydrogen-bond acceptors (Lipinski definition) is 3. The van der Waals surface area contributed by atoms with Crippen LogP contribution in [0.3, 0.4) is 0 Å². The number of hydrogen-bond donors (Lipinski definition) is 0. The van der Waals surface area contributed by atoms with E-state index in [2.05, 4.69) is 15.9 Å². The molecule has 0 bridgehead atoms. The normalized spacial score (nSPS) is 10.4. The Morgan fingerprint density at radius 1 is 1.22 bits per heavy atom. The van der Waals surface area contributed by atoms with Crippen molar-refractivity contribution in [1.29, 1.82) is 0 Å². The average Bonchev–Trinajstić information content (AvgIpc) is 2.30. The van der Waals surface area contributed by atoms with Gasteiger partial charge >= 0.3 is 0 Å². The second-order valence-electron chi connectivity index (χ2n) is 4.26. The molecule has 0 N–H and O–H groups in total. The fraction of sp³-hybridized carbons (Fsp3) is 0.538. The van der Waals surface area contributed by atoms with Gasteiger partial charge in [0.2, 0.25) is 0 Å². The molecule has 18 heavy (non-hydrogen) atoms. The number of rotatable bonds is 7. The van der Waals surface area contributed by atoms with Crippen LogP contribution in [0, 0.1) is 24.0 Å². The van der Waals surface area contributed by atoms with E-state index in [1.54, 1.807) is 13.0 Å². The maximum absolute atomic E-state index is 10.8. The first-order chi connectivity index (χ1) is 8.56. The summed E-state index contributed by atoms with van der Waals surface area (Å²) in [5.41, 5.74) is 1.73. The maximum atomic E-state index is 10.8. The second kappa shape index (κ2) is 7.36. The van der Waals surface area contributed by atoms with Gasteiger partial charge in [-0.3, -0.25) is 10.1 Å². The van der Waals surface area contributed by atoms with Gasteiger partial charge in [-0.1, -0.05) is 15.9 Å². The molecule has 1 aromatic carbocycles. The smallest absolute Gasteiger partial charge is 0.276 e. The lowest BCUT2D eigenvalue weighted by Gasteiger charge is -2.10. The molecule has 0 aliphatic heterocycles. The number of benzene rings is 1. The van der Waals surface area contributed by atoms with E-state index >= 15 is 0 Å². The molecule has 0 aliphatic carbocycles. The first-order valence-corrected chi connectivity index (χ1v) is 7.12. The molecule has 4 nitrogen and oxygen atoms in total. The van der Waals surface area contributed by atoms with Crippen LogP contribution in [0.5, 0.6) is 5.75 Å². The lowest BCUT2D eigenvalue weighted by atomic mass is 10.1. The summed E-state index contributed by atoms with van der Waals surface area (Å²) in [7, 11) is 0. The third kappa shape index (κ3) is 4.29. The van der Waals surface area contributed by atoms with E-state index < -0.39 is 0 Å². The number of halogens is 1. The Morgan fingerprint density at radius 3 is 2.56 bits per heavy atom. The summed E-state index contributed by atoms with van der Waals surface area (Å²) >= 11 is 3.38. The molecule has 1 aromatic rings. The van der Waals surface area contributed by atoms with Gasteiger partial charge in [0, 0.05) is 10.9 Å². The Labute approximate surface area is 116 Å². The minimum Gasteiger partial charge on any atom is -0.493 e. The van der Waals surface area contributed by atoms with Crippen molar-refractivity contribution in [3.8, 4) is 5.75 Å². The number of nitro benzene ring substituents is 1. The lowest BCUT2D eigenvalue weighted by Crippen LogP contribution is -2.01. The summed E-state index contributed by atoms with van der Waals surface area (Å²) < 4.78 is 5.61. The average molecular weight is 316 g/mol. The zero-order valence-corrected chi connectivity index (χ0v) is 12.3. The monoisotopic (exact) mass is 315 g/mol. The van der Waals surface area contributed by atoms with Crippen molar-refractivity contribution in [2.45, 2.75) is 33.1 Å². The highest BCUT2D eigenvalue weighted by Gasteiger charge is 2.14. The third-order valence-electron chi connectivity index (χ3n) is 2.73. The zero-order chi connectivity index (χ0) is 13.5. The number of ether oxygens (including phenoxy) is 1. The Kier molecular flexibility index (Phi) is 6.12. The summed E-state index contributed by atoms with van der Waals surface area (Å²) in [6.45, 7) is 4.25. The van der Waals surface area contributed by atoms with Gasteiger partial charge in [0.15, 0.2) is 0 Å². The van der Waals surface area contributed by atoms with E-state index in [4.69, 9.17) is 4.74 Å². The van der Waals surface area contributed by atoms with Gasteiger partial charge in [0.05, 0.1) is 17.6 Å². The molecule has 0 saturated carbocycles. The van der Waals surface area contributed by atoms with Crippen LogP contribution in [0.2, 0.25) is 0 Å². The molecule has 100 valence electrons. The standard InChI is InChI=1S/C13H18BrNO3/c1-10-8-11(2)13(9-12(10)15(16)17)18-7-5-3-4-6-14/h8-9H,3-7H2,1-2H3. The molecule has 0 atom stereocenters. The summed E-state index contributed by atoms with van der Waals surface area (Å²) in [5, 5.41) is 11.8. The second-order valence-corrected chi connectivity index (χ2v) is 5.05. The highest BCUT2D eigenvalue weighted by molar-refractivity contribution is 9.09. The molecular formula is C13H18BrNO3. The molecule has 1 rings (SSSR count). The maximum Gasteiger partial charge on any atom is 0.276 e. The summed E-state index contributed by atoms with van der Waals surface area (Å²) in [6.07, 6.45) is 3.18. The fourth-order valence-corrected chi connectivity index (χ4v) is 2.13. The van der Waals surface area contributed by atoms with Crippen LogP contribution in [-0.2, 0) is 0 Å². The van der Waals surface area contributed by atoms with Crippen molar-refractivity contribution >= 4 is 21.6 Å². The van der Waals surface area contributed by atoms with Crippen LogP contribution in [0.1, 0.15) is 30.4 Å². The van der Waals surface area contributed by atoms with Gasteiger partial charge < -0.3 is 4.74 Å². The molecule has 0 aromatic heterocycles. The van der Waals surface area contributed by atoms with Gasteiger partial charge in [-0.2, -0.15) is 0 Å². The summed E-state index contributed by atoms with van der Waals surface area (Å²) in [4.78, 5) is 10.5. The van der Waals surface area contributed by atoms with E-state index in [1.165, 1.54) is 6.07 Å². The Hall–Kier alpha value is -1.10. The first kappa shape index (κ1) is 15.0. The van der Waals surface area contributed by atoms with Crippen LogP contribution < -0.4 is 4.74 Å². The largest absolute Gasteiger partial charge is 0.493 e. The first-order valence-electron chi connectivity index (χ1n) is 6.00. The molecular weight excluding hydrogens is 298 g/mol. The third-order valence-corrected chi connectivity index (χ3v) is 3.29. The Balaban J connectivity index is 2.65. The van der Waals surface area contributed by atoms with Crippen molar-refractivity contribution in [2.75, 3.05) is 11.9 Å². The van der Waals surface area contributed by atoms with E-state index in [0.717, 1.165) is 30.2 Å². The molecule has 0 unspecified atom stereocenters. The Bertz CT molecular complexity index is 421. The minimum atomic E-state index is -0.369. The Morgan fingerprint density at radius 2 is 1.94 bits per heavy atom. The predicted molar refractivity (Wildman–Crippen MR) is 75.7 cm³/mol. The van der Waals surface area contributed by atoms with Crippen LogP contribution in [-0.4, -0.2) is 16.9 Å². The van der Waals surface area contributed by atoms with Gasteiger partial charge in [-0.05, 0) is 44.7 Å². The quantitative estimate of drug-likeness (QED) is 0.328. The molecule has 0 fully saturated rings. The highest BCUT2D eigenvalue weighted by Crippen LogP contribution is 2.28. The van der Waals surface area contributed by atoms with Crippen molar-refractivity contribution in [3.63, 3.8) is 0 Å². The lowest BCUT2D eigenvalue weighted by molar-refractivity contribution is -0.385. The fourth-order valence-electron chi connectivity index (χ4n) is 1.73. The summed E-state index contributed by atoms with van der Waals surface area (Å²) in [5.74, 6) is 0.617. The number of unbranched alkanes of at least 4 members (excludes halogenated alkanes) is 2. The molecule has 5 heteroatoms. The number of aryl methyl sites for hydroxylation is 2. The summed E-state index contributed by atoms with van der Waals surface area (Å²) in [6, 6.07) is 3.32. The molecule has 0 heterocycles. The van der Waals surface area contributed by atoms with Crippen LogP contribution in [0.15, 0.2) is 12.1 Å². The van der Waals surface area contributed by atoms with E-state index in [0.29, 0.717) is 17.9 Å². The van der Waals surface area contributed by atoms with Crippen molar-refractivity contribution in [3.05, 3.63) is 33.4 Å².